The summed E-state index contributed by atoms with van der Waals surface area (Å²) in [4.78, 5) is 18.8. The number of rotatable bonds is 6. The molecule has 1 N–H and O–H groups in total. The van der Waals surface area contributed by atoms with Crippen LogP contribution in [0.25, 0.3) is 5.65 Å². The third kappa shape index (κ3) is 4.50. The number of carbonyl (C=O) groups is 1. The summed E-state index contributed by atoms with van der Waals surface area (Å²) in [6.45, 7) is 0. The Morgan fingerprint density at radius 2 is 2.00 bits per heavy atom. The van der Waals surface area contributed by atoms with Crippen LogP contribution < -0.4 is 15.0 Å². The van der Waals surface area contributed by atoms with Crippen molar-refractivity contribution in [3.8, 4) is 5.75 Å². The molecule has 1 aliphatic rings. The smallest absolute Gasteiger partial charge is 0.281 e. The molecule has 32 heavy (non-hydrogen) atoms. The molecule has 1 aliphatic carbocycles. The molecule has 0 spiro atoms. The number of hydrogen-bond acceptors (Lipinski definition) is 4. The van der Waals surface area contributed by atoms with Gasteiger partial charge in [0.1, 0.15) is 22.9 Å². The van der Waals surface area contributed by atoms with Gasteiger partial charge in [0.2, 0.25) is 0 Å². The zero-order valence-corrected chi connectivity index (χ0v) is 18.6. The quantitative estimate of drug-likeness (QED) is 0.553. The number of alkyl halides is 2. The fourth-order valence-corrected chi connectivity index (χ4v) is 4.53. The first-order chi connectivity index (χ1) is 15.4. The Morgan fingerprint density at radius 3 is 2.66 bits per heavy atom. The maximum atomic E-state index is 13.1. The van der Waals surface area contributed by atoms with E-state index in [9.17, 15) is 13.6 Å². The Balaban J connectivity index is 1.39. The molecule has 0 aliphatic heterocycles. The summed E-state index contributed by atoms with van der Waals surface area (Å²) in [6, 6.07) is 10.7. The minimum Gasteiger partial charge on any atom is -0.497 e. The lowest BCUT2D eigenvalue weighted by Crippen LogP contribution is -2.43. The van der Waals surface area contributed by atoms with Crippen molar-refractivity contribution in [1.29, 1.82) is 0 Å². The molecule has 0 bridgehead atoms. The number of ether oxygens (including phenoxy) is 1. The molecule has 2 heterocycles. The number of anilines is 1. The fraction of sp³-hybridized carbons (Fsp3) is 0.391. The van der Waals surface area contributed by atoms with Gasteiger partial charge < -0.3 is 15.0 Å². The lowest BCUT2D eigenvalue weighted by atomic mass is 9.90. The van der Waals surface area contributed by atoms with Crippen LogP contribution in [0.15, 0.2) is 42.6 Å². The predicted molar refractivity (Wildman–Crippen MR) is 120 cm³/mol. The first-order valence-corrected chi connectivity index (χ1v) is 10.9. The lowest BCUT2D eigenvalue weighted by molar-refractivity contribution is 0.0926. The van der Waals surface area contributed by atoms with Crippen molar-refractivity contribution >= 4 is 29.0 Å². The van der Waals surface area contributed by atoms with Gasteiger partial charge in [-0.05, 0) is 56.0 Å². The first kappa shape index (κ1) is 22.3. The number of halogens is 3. The maximum absolute atomic E-state index is 13.1. The zero-order chi connectivity index (χ0) is 22.8. The van der Waals surface area contributed by atoms with Crippen LogP contribution in [0.4, 0.5) is 14.6 Å². The highest BCUT2D eigenvalue weighted by molar-refractivity contribution is 6.34. The minimum atomic E-state index is -2.61. The molecule has 6 nitrogen and oxygen atoms in total. The molecule has 0 saturated heterocycles. The third-order valence-electron chi connectivity index (χ3n) is 6.07. The average Bonchev–Trinajstić information content (AvgIpc) is 3.24. The molecule has 9 heteroatoms. The van der Waals surface area contributed by atoms with Crippen LogP contribution in [0.1, 0.15) is 48.2 Å². The molecule has 4 rings (SSSR count). The van der Waals surface area contributed by atoms with Crippen LogP contribution in [0, 0.1) is 0 Å². The molecule has 1 amide bonds. The fourth-order valence-electron chi connectivity index (χ4n) is 4.27. The van der Waals surface area contributed by atoms with Crippen molar-refractivity contribution in [2.45, 2.75) is 44.2 Å². The van der Waals surface area contributed by atoms with Crippen LogP contribution in [-0.2, 0) is 0 Å². The number of hydrogen-bond donors (Lipinski definition) is 1. The Labute approximate surface area is 190 Å². The van der Waals surface area contributed by atoms with E-state index in [1.807, 2.05) is 19.2 Å². The zero-order valence-electron chi connectivity index (χ0n) is 17.9. The summed E-state index contributed by atoms with van der Waals surface area (Å²) in [5.41, 5.74) is 0.699. The van der Waals surface area contributed by atoms with E-state index in [2.05, 4.69) is 15.2 Å². The number of benzene rings is 1. The molecule has 0 radical (unpaired) electrons. The molecule has 2 aromatic heterocycles. The van der Waals surface area contributed by atoms with Gasteiger partial charge in [-0.2, -0.15) is 0 Å². The van der Waals surface area contributed by atoms with Crippen molar-refractivity contribution in [1.82, 2.24) is 14.7 Å². The summed E-state index contributed by atoms with van der Waals surface area (Å²) in [6.07, 6.45) is 2.16. The number of nitrogens with one attached hydrogen (secondary N) is 1. The molecule has 1 fully saturated rings. The van der Waals surface area contributed by atoms with E-state index in [4.69, 9.17) is 16.3 Å². The van der Waals surface area contributed by atoms with Crippen LogP contribution in [-0.4, -0.2) is 41.5 Å². The highest BCUT2D eigenvalue weighted by Crippen LogP contribution is 2.29. The normalized spacial score (nSPS) is 18.7. The van der Waals surface area contributed by atoms with E-state index in [1.165, 1.54) is 6.20 Å². The van der Waals surface area contributed by atoms with Gasteiger partial charge in [-0.3, -0.25) is 9.20 Å². The van der Waals surface area contributed by atoms with Crippen LogP contribution in [0.3, 0.4) is 0 Å². The molecule has 1 saturated carbocycles. The van der Waals surface area contributed by atoms with Gasteiger partial charge in [-0.15, -0.1) is 0 Å². The molecule has 0 atom stereocenters. The van der Waals surface area contributed by atoms with Crippen molar-refractivity contribution in [2.75, 3.05) is 19.1 Å². The van der Waals surface area contributed by atoms with Gasteiger partial charge in [0.05, 0.1) is 17.7 Å². The van der Waals surface area contributed by atoms with Gasteiger partial charge in [0.15, 0.2) is 0 Å². The second-order valence-corrected chi connectivity index (χ2v) is 8.42. The summed E-state index contributed by atoms with van der Waals surface area (Å²) >= 11 is 6.22. The van der Waals surface area contributed by atoms with E-state index in [-0.39, 0.29) is 23.7 Å². The van der Waals surface area contributed by atoms with Gasteiger partial charge in [0, 0.05) is 25.3 Å². The first-order valence-electron chi connectivity index (χ1n) is 10.5. The topological polar surface area (TPSA) is 58.9 Å². The molecule has 0 unspecified atom stereocenters. The highest BCUT2D eigenvalue weighted by Gasteiger charge is 2.27. The maximum Gasteiger partial charge on any atom is 0.281 e. The van der Waals surface area contributed by atoms with Gasteiger partial charge in [-0.1, -0.05) is 17.7 Å². The monoisotopic (exact) mass is 462 g/mol. The number of imidazole rings is 1. The molecule has 1 aromatic carbocycles. The van der Waals surface area contributed by atoms with Crippen molar-refractivity contribution in [2.24, 2.45) is 0 Å². The van der Waals surface area contributed by atoms with Crippen molar-refractivity contribution in [3.63, 3.8) is 0 Å². The van der Waals surface area contributed by atoms with Crippen LogP contribution in [0.5, 0.6) is 5.75 Å². The SMILES string of the molecule is COc1ccc(C(=O)N[C@H]2CC[C@@H](N(C)c3cccc4nc(C(F)F)cn34)CC2)c(Cl)c1. The Kier molecular flexibility index (Phi) is 6.50. The van der Waals surface area contributed by atoms with E-state index in [0.717, 1.165) is 31.5 Å². The Bertz CT molecular complexity index is 1110. The van der Waals surface area contributed by atoms with E-state index < -0.39 is 6.43 Å². The second kappa shape index (κ2) is 9.32. The highest BCUT2D eigenvalue weighted by atomic mass is 35.5. The second-order valence-electron chi connectivity index (χ2n) is 8.01. The Morgan fingerprint density at radius 1 is 1.25 bits per heavy atom. The number of nitrogens with zero attached hydrogens (tertiary/aromatic N) is 3. The number of aromatic nitrogens is 2. The lowest BCUT2D eigenvalue weighted by Gasteiger charge is -2.36. The minimum absolute atomic E-state index is 0.0554. The van der Waals surface area contributed by atoms with Crippen LogP contribution in [0.2, 0.25) is 5.02 Å². The number of fused-ring (bicyclic) bond motifs is 1. The van der Waals surface area contributed by atoms with Gasteiger partial charge in [-0.25, -0.2) is 13.8 Å². The molecule has 3 aromatic rings. The van der Waals surface area contributed by atoms with Crippen LogP contribution >= 0.6 is 11.6 Å². The van der Waals surface area contributed by atoms with E-state index in [1.54, 1.807) is 35.8 Å². The van der Waals surface area contributed by atoms with E-state index in [0.29, 0.717) is 22.0 Å². The predicted octanol–water partition coefficient (Wildman–Crippen LogP) is 5.11. The third-order valence-corrected chi connectivity index (χ3v) is 6.39. The van der Waals surface area contributed by atoms with Gasteiger partial charge >= 0.3 is 0 Å². The summed E-state index contributed by atoms with van der Waals surface area (Å²) in [7, 11) is 3.52. The number of carbonyl (C=O) groups excluding carboxylic acids is 1. The average molecular weight is 463 g/mol. The van der Waals surface area contributed by atoms with Crippen molar-refractivity contribution < 1.29 is 18.3 Å². The number of amides is 1. The standard InChI is InChI=1S/C23H25ClF2N4O2/c1-29(21-5-3-4-20-28-19(22(25)26)13-30(20)21)15-8-6-14(7-9-15)27-23(31)17-11-10-16(32-2)12-18(17)24/h3-5,10-15,22H,6-9H2,1-2H3,(H,27,31)/t14-,15+. The number of pyridine rings is 1. The Hall–Kier alpha value is -2.87. The summed E-state index contributed by atoms with van der Waals surface area (Å²) in [5, 5.41) is 3.43. The molecule has 170 valence electrons. The number of methoxy groups -OCH3 is 1. The van der Waals surface area contributed by atoms with Gasteiger partial charge in [0.25, 0.3) is 12.3 Å². The van der Waals surface area contributed by atoms with Crippen molar-refractivity contribution in [3.05, 3.63) is 58.9 Å². The molecular weight excluding hydrogens is 438 g/mol. The summed E-state index contributed by atoms with van der Waals surface area (Å²) < 4.78 is 33.0. The van der Waals surface area contributed by atoms with E-state index >= 15 is 0 Å². The largest absolute Gasteiger partial charge is 0.497 e. The molecular formula is C23H25ClF2N4O2. The summed E-state index contributed by atoms with van der Waals surface area (Å²) in [5.74, 6) is 1.22.